The zero-order valence-electron chi connectivity index (χ0n) is 10.1. The fourth-order valence-electron chi connectivity index (χ4n) is 1.99. The molecule has 0 atom stereocenters. The van der Waals surface area contributed by atoms with E-state index < -0.39 is 0 Å². The number of hydrogen-bond acceptors (Lipinski definition) is 1. The third-order valence-corrected chi connectivity index (χ3v) is 3.15. The van der Waals surface area contributed by atoms with Crippen molar-refractivity contribution < 1.29 is 5.11 Å². The molecule has 3 heteroatoms. The highest BCUT2D eigenvalue weighted by Gasteiger charge is 2.05. The standard InChI is InChI=1S/C15H14Cl2O/c1-2-3-10-4-11(8-15(18)5-10)12-6-13(16)9-14(17)7-12/h4-9,18H,2-3H2,1H3. The number of aromatic hydroxyl groups is 1. The Morgan fingerprint density at radius 2 is 1.50 bits per heavy atom. The second-order valence-corrected chi connectivity index (χ2v) is 5.17. The van der Waals surface area contributed by atoms with Crippen LogP contribution in [0.5, 0.6) is 5.75 Å². The van der Waals surface area contributed by atoms with Gasteiger partial charge in [0.2, 0.25) is 0 Å². The van der Waals surface area contributed by atoms with Crippen molar-refractivity contribution in [3.8, 4) is 16.9 Å². The fraction of sp³-hybridized carbons (Fsp3) is 0.200. The molecule has 0 spiro atoms. The highest BCUT2D eigenvalue weighted by molar-refractivity contribution is 6.35. The molecule has 18 heavy (non-hydrogen) atoms. The van der Waals surface area contributed by atoms with Crippen LogP contribution < -0.4 is 0 Å². The van der Waals surface area contributed by atoms with Crippen molar-refractivity contribution >= 4 is 23.2 Å². The van der Waals surface area contributed by atoms with Crippen LogP contribution in [0.4, 0.5) is 0 Å². The number of phenols is 1. The number of hydrogen-bond donors (Lipinski definition) is 1. The minimum absolute atomic E-state index is 0.270. The Bertz CT molecular complexity index is 544. The van der Waals surface area contributed by atoms with Gasteiger partial charge in [-0.15, -0.1) is 0 Å². The molecule has 0 fully saturated rings. The van der Waals surface area contributed by atoms with Crippen molar-refractivity contribution in [1.82, 2.24) is 0 Å². The lowest BCUT2D eigenvalue weighted by molar-refractivity contribution is 0.474. The molecule has 0 amide bonds. The van der Waals surface area contributed by atoms with Gasteiger partial charge >= 0.3 is 0 Å². The van der Waals surface area contributed by atoms with E-state index in [1.807, 2.05) is 12.1 Å². The summed E-state index contributed by atoms with van der Waals surface area (Å²) in [6.07, 6.45) is 1.98. The van der Waals surface area contributed by atoms with E-state index in [0.29, 0.717) is 10.0 Å². The minimum Gasteiger partial charge on any atom is -0.508 e. The lowest BCUT2D eigenvalue weighted by Gasteiger charge is -2.07. The smallest absolute Gasteiger partial charge is 0.116 e. The van der Waals surface area contributed by atoms with Crippen LogP contribution in [0.1, 0.15) is 18.9 Å². The summed E-state index contributed by atoms with van der Waals surface area (Å²) in [4.78, 5) is 0. The van der Waals surface area contributed by atoms with Crippen LogP contribution in [0.3, 0.4) is 0 Å². The van der Waals surface area contributed by atoms with E-state index in [4.69, 9.17) is 23.2 Å². The Hall–Kier alpha value is -1.18. The van der Waals surface area contributed by atoms with Gasteiger partial charge in [0.1, 0.15) is 5.75 Å². The lowest BCUT2D eigenvalue weighted by atomic mass is 10.0. The molecule has 0 aromatic heterocycles. The van der Waals surface area contributed by atoms with E-state index in [9.17, 15) is 5.11 Å². The molecule has 0 bridgehead atoms. The van der Waals surface area contributed by atoms with E-state index in [-0.39, 0.29) is 5.75 Å². The van der Waals surface area contributed by atoms with E-state index >= 15 is 0 Å². The molecule has 0 saturated heterocycles. The summed E-state index contributed by atoms with van der Waals surface area (Å²) in [5, 5.41) is 10.9. The molecule has 1 N–H and O–H groups in total. The molecule has 1 nitrogen and oxygen atoms in total. The molecule has 2 rings (SSSR count). The number of aryl methyl sites for hydroxylation is 1. The fourth-order valence-corrected chi connectivity index (χ4v) is 2.52. The average Bonchev–Trinajstić information content (AvgIpc) is 2.27. The second-order valence-electron chi connectivity index (χ2n) is 4.30. The lowest BCUT2D eigenvalue weighted by Crippen LogP contribution is -1.86. The molecule has 94 valence electrons. The molecule has 2 aromatic rings. The van der Waals surface area contributed by atoms with Crippen molar-refractivity contribution in [2.75, 3.05) is 0 Å². The quantitative estimate of drug-likeness (QED) is 0.807. The van der Waals surface area contributed by atoms with E-state index in [2.05, 4.69) is 13.0 Å². The first-order chi connectivity index (χ1) is 8.58. The molecule has 0 heterocycles. The van der Waals surface area contributed by atoms with Gasteiger partial charge in [-0.25, -0.2) is 0 Å². The maximum Gasteiger partial charge on any atom is 0.116 e. The Balaban J connectivity index is 2.49. The third-order valence-electron chi connectivity index (χ3n) is 2.71. The zero-order valence-corrected chi connectivity index (χ0v) is 11.6. The molecule has 0 saturated carbocycles. The summed E-state index contributed by atoms with van der Waals surface area (Å²) < 4.78 is 0. The van der Waals surface area contributed by atoms with Crippen molar-refractivity contribution in [2.45, 2.75) is 19.8 Å². The Morgan fingerprint density at radius 3 is 2.11 bits per heavy atom. The summed E-state index contributed by atoms with van der Waals surface area (Å²) in [6.45, 7) is 2.11. The molecule has 0 aliphatic heterocycles. The van der Waals surface area contributed by atoms with Gasteiger partial charge in [-0.2, -0.15) is 0 Å². The number of phenolic OH excluding ortho intramolecular Hbond substituents is 1. The van der Waals surface area contributed by atoms with Crippen LogP contribution in [0, 0.1) is 0 Å². The topological polar surface area (TPSA) is 20.2 Å². The molecular weight excluding hydrogens is 267 g/mol. The van der Waals surface area contributed by atoms with Gasteiger partial charge < -0.3 is 5.11 Å². The highest BCUT2D eigenvalue weighted by Crippen LogP contribution is 2.30. The maximum absolute atomic E-state index is 9.75. The van der Waals surface area contributed by atoms with Gasteiger partial charge in [0, 0.05) is 10.0 Å². The predicted molar refractivity (Wildman–Crippen MR) is 77.6 cm³/mol. The SMILES string of the molecule is CCCc1cc(O)cc(-c2cc(Cl)cc(Cl)c2)c1. The average molecular weight is 281 g/mol. The molecule has 0 aliphatic rings. The molecule has 0 aliphatic carbocycles. The third kappa shape index (κ3) is 3.18. The van der Waals surface area contributed by atoms with Crippen molar-refractivity contribution in [2.24, 2.45) is 0 Å². The van der Waals surface area contributed by atoms with E-state index in [1.165, 1.54) is 0 Å². The van der Waals surface area contributed by atoms with Crippen LogP contribution in [-0.2, 0) is 6.42 Å². The van der Waals surface area contributed by atoms with Crippen LogP contribution in [0.25, 0.3) is 11.1 Å². The summed E-state index contributed by atoms with van der Waals surface area (Å²) in [5.41, 5.74) is 2.97. The Morgan fingerprint density at radius 1 is 0.889 bits per heavy atom. The Labute approximate surface area is 117 Å². The number of halogens is 2. The van der Waals surface area contributed by atoms with Crippen LogP contribution >= 0.6 is 23.2 Å². The summed E-state index contributed by atoms with van der Waals surface area (Å²) in [6, 6.07) is 11.0. The van der Waals surface area contributed by atoms with E-state index in [0.717, 1.165) is 29.5 Å². The first-order valence-corrected chi connectivity index (χ1v) is 6.63. The molecular formula is C15H14Cl2O. The van der Waals surface area contributed by atoms with Gasteiger partial charge in [-0.05, 0) is 53.4 Å². The van der Waals surface area contributed by atoms with E-state index in [1.54, 1.807) is 18.2 Å². The van der Waals surface area contributed by atoms with Crippen molar-refractivity contribution in [3.63, 3.8) is 0 Å². The first-order valence-electron chi connectivity index (χ1n) is 5.88. The number of rotatable bonds is 3. The normalized spacial score (nSPS) is 10.6. The van der Waals surface area contributed by atoms with Gasteiger partial charge in [-0.1, -0.05) is 42.6 Å². The monoisotopic (exact) mass is 280 g/mol. The first kappa shape index (κ1) is 13.3. The highest BCUT2D eigenvalue weighted by atomic mass is 35.5. The molecule has 2 aromatic carbocycles. The summed E-state index contributed by atoms with van der Waals surface area (Å²) >= 11 is 12.0. The summed E-state index contributed by atoms with van der Waals surface area (Å²) in [7, 11) is 0. The van der Waals surface area contributed by atoms with Crippen molar-refractivity contribution in [1.29, 1.82) is 0 Å². The maximum atomic E-state index is 9.75. The second kappa shape index (κ2) is 5.64. The van der Waals surface area contributed by atoms with Crippen molar-refractivity contribution in [3.05, 3.63) is 52.0 Å². The van der Waals surface area contributed by atoms with Gasteiger partial charge in [0.15, 0.2) is 0 Å². The minimum atomic E-state index is 0.270. The summed E-state index contributed by atoms with van der Waals surface area (Å²) in [5.74, 6) is 0.270. The molecule has 0 radical (unpaired) electrons. The zero-order chi connectivity index (χ0) is 13.1. The number of benzene rings is 2. The molecule has 0 unspecified atom stereocenters. The van der Waals surface area contributed by atoms with Crippen LogP contribution in [-0.4, -0.2) is 5.11 Å². The van der Waals surface area contributed by atoms with Gasteiger partial charge in [0.25, 0.3) is 0 Å². The van der Waals surface area contributed by atoms with Gasteiger partial charge in [0.05, 0.1) is 0 Å². The largest absolute Gasteiger partial charge is 0.508 e. The predicted octanol–water partition coefficient (Wildman–Crippen LogP) is 5.32. The van der Waals surface area contributed by atoms with Crippen LogP contribution in [0.2, 0.25) is 10.0 Å². The van der Waals surface area contributed by atoms with Crippen LogP contribution in [0.15, 0.2) is 36.4 Å². The Kier molecular flexibility index (Phi) is 4.15. The van der Waals surface area contributed by atoms with Gasteiger partial charge in [-0.3, -0.25) is 0 Å².